The fourth-order valence-corrected chi connectivity index (χ4v) is 3.13. The Hall–Kier alpha value is -1.07. The van der Waals surface area contributed by atoms with Crippen molar-refractivity contribution in [2.75, 3.05) is 18.6 Å². The lowest BCUT2D eigenvalue weighted by Gasteiger charge is -2.24. The number of rotatable bonds is 7. The lowest BCUT2D eigenvalue weighted by molar-refractivity contribution is -0.130. The van der Waals surface area contributed by atoms with Crippen LogP contribution >= 0.6 is 11.8 Å². The molecule has 2 atom stereocenters. The first-order valence-corrected chi connectivity index (χ1v) is 8.87. The van der Waals surface area contributed by atoms with Crippen molar-refractivity contribution in [3.05, 3.63) is 35.6 Å². The summed E-state index contributed by atoms with van der Waals surface area (Å²) < 4.78 is 13.1. The molecule has 0 spiro atoms. The first-order valence-electron chi connectivity index (χ1n) is 7.48. The molecule has 1 aliphatic rings. The summed E-state index contributed by atoms with van der Waals surface area (Å²) in [5.74, 6) is 0.965. The van der Waals surface area contributed by atoms with Crippen molar-refractivity contribution in [3.63, 3.8) is 0 Å². The number of halogens is 1. The summed E-state index contributed by atoms with van der Waals surface area (Å²) in [6.07, 6.45) is 4.73. The van der Waals surface area contributed by atoms with Gasteiger partial charge in [-0.2, -0.15) is 11.8 Å². The van der Waals surface area contributed by atoms with E-state index in [0.717, 1.165) is 37.1 Å². The van der Waals surface area contributed by atoms with E-state index in [9.17, 15) is 9.18 Å². The average Bonchev–Trinajstić information content (AvgIpc) is 2.78. The Kier molecular flexibility index (Phi) is 6.06. The van der Waals surface area contributed by atoms with Crippen molar-refractivity contribution in [3.8, 4) is 0 Å². The smallest absolute Gasteiger partial charge is 0.241 e. The van der Waals surface area contributed by atoms with Crippen molar-refractivity contribution in [1.82, 2.24) is 10.2 Å². The number of carbonyl (C=O) groups is 1. The van der Waals surface area contributed by atoms with Gasteiger partial charge in [-0.15, -0.1) is 0 Å². The van der Waals surface area contributed by atoms with E-state index in [2.05, 4.69) is 18.5 Å². The molecule has 0 aromatic heterocycles. The second kappa shape index (κ2) is 7.80. The minimum absolute atomic E-state index is 0.112. The van der Waals surface area contributed by atoms with Crippen LogP contribution in [0.4, 0.5) is 4.39 Å². The molecule has 1 aromatic rings. The largest absolute Gasteiger partial charge is 0.322 e. The summed E-state index contributed by atoms with van der Waals surface area (Å²) >= 11 is 1.79. The van der Waals surface area contributed by atoms with Crippen LogP contribution in [0.2, 0.25) is 0 Å². The predicted octanol–water partition coefficient (Wildman–Crippen LogP) is 3.18. The molecule has 1 saturated heterocycles. The number of carbonyl (C=O) groups excluding carboxylic acids is 1. The van der Waals surface area contributed by atoms with Gasteiger partial charge in [0.2, 0.25) is 5.91 Å². The highest BCUT2D eigenvalue weighted by molar-refractivity contribution is 7.98. The molecule has 0 saturated carbocycles. The SMILES string of the molecule is CCCC1NC(c2ccc(F)cc2)N(CCCSC)C1=O. The summed E-state index contributed by atoms with van der Waals surface area (Å²) in [4.78, 5) is 14.4. The van der Waals surface area contributed by atoms with Crippen LogP contribution in [0.1, 0.15) is 37.9 Å². The fraction of sp³-hybridized carbons (Fsp3) is 0.562. The summed E-state index contributed by atoms with van der Waals surface area (Å²) in [7, 11) is 0. The van der Waals surface area contributed by atoms with Gasteiger partial charge >= 0.3 is 0 Å². The molecule has 1 aliphatic heterocycles. The molecular formula is C16H23FN2OS. The van der Waals surface area contributed by atoms with Gasteiger partial charge in [-0.25, -0.2) is 4.39 Å². The summed E-state index contributed by atoms with van der Waals surface area (Å²) in [5.41, 5.74) is 0.951. The Bertz CT molecular complexity index is 466. The molecule has 1 aromatic carbocycles. The average molecular weight is 310 g/mol. The minimum Gasteiger partial charge on any atom is -0.322 e. The number of hydrogen-bond acceptors (Lipinski definition) is 3. The third kappa shape index (κ3) is 3.98. The first kappa shape index (κ1) is 16.3. The molecule has 21 heavy (non-hydrogen) atoms. The zero-order chi connectivity index (χ0) is 15.2. The Morgan fingerprint density at radius 3 is 2.67 bits per heavy atom. The number of nitrogens with zero attached hydrogens (tertiary/aromatic N) is 1. The van der Waals surface area contributed by atoms with Gasteiger partial charge < -0.3 is 4.90 Å². The predicted molar refractivity (Wildman–Crippen MR) is 85.7 cm³/mol. The van der Waals surface area contributed by atoms with E-state index in [1.165, 1.54) is 12.1 Å². The summed E-state index contributed by atoms with van der Waals surface area (Å²) in [5, 5.41) is 3.40. The number of thioether (sulfide) groups is 1. The van der Waals surface area contributed by atoms with Crippen LogP contribution < -0.4 is 5.32 Å². The molecule has 0 aliphatic carbocycles. The quantitative estimate of drug-likeness (QED) is 0.785. The minimum atomic E-state index is -0.248. The van der Waals surface area contributed by atoms with Crippen LogP contribution in [-0.4, -0.2) is 35.4 Å². The Labute approximate surface area is 130 Å². The van der Waals surface area contributed by atoms with E-state index >= 15 is 0 Å². The van der Waals surface area contributed by atoms with Gasteiger partial charge in [-0.1, -0.05) is 25.5 Å². The number of benzene rings is 1. The van der Waals surface area contributed by atoms with Crippen LogP contribution in [0.15, 0.2) is 24.3 Å². The van der Waals surface area contributed by atoms with E-state index in [-0.39, 0.29) is 23.9 Å². The maximum Gasteiger partial charge on any atom is 0.241 e. The molecule has 1 N–H and O–H groups in total. The van der Waals surface area contributed by atoms with Gasteiger partial charge in [-0.3, -0.25) is 10.1 Å². The standard InChI is InChI=1S/C16H23FN2OS/c1-3-5-14-16(20)19(10-4-11-21-2)15(18-14)12-6-8-13(17)9-7-12/h6-9,14-15,18H,3-5,10-11H2,1-2H3. The monoisotopic (exact) mass is 310 g/mol. The van der Waals surface area contributed by atoms with Gasteiger partial charge in [0.1, 0.15) is 12.0 Å². The molecule has 0 radical (unpaired) electrons. The van der Waals surface area contributed by atoms with Gasteiger partial charge in [-0.05, 0) is 42.5 Å². The molecule has 3 nitrogen and oxygen atoms in total. The lowest BCUT2D eigenvalue weighted by atomic mass is 10.1. The maximum absolute atomic E-state index is 13.1. The van der Waals surface area contributed by atoms with Crippen LogP contribution in [0.5, 0.6) is 0 Å². The molecular weight excluding hydrogens is 287 g/mol. The zero-order valence-electron chi connectivity index (χ0n) is 12.6. The fourth-order valence-electron chi connectivity index (χ4n) is 2.71. The van der Waals surface area contributed by atoms with Crippen molar-refractivity contribution in [2.45, 2.75) is 38.4 Å². The second-order valence-corrected chi connectivity index (χ2v) is 6.33. The van der Waals surface area contributed by atoms with Gasteiger partial charge in [0.05, 0.1) is 6.04 Å². The van der Waals surface area contributed by atoms with Crippen molar-refractivity contribution < 1.29 is 9.18 Å². The normalized spacial score (nSPS) is 22.0. The maximum atomic E-state index is 13.1. The van der Waals surface area contributed by atoms with E-state index in [1.807, 2.05) is 4.90 Å². The van der Waals surface area contributed by atoms with Crippen LogP contribution in [0.3, 0.4) is 0 Å². The van der Waals surface area contributed by atoms with Crippen molar-refractivity contribution in [1.29, 1.82) is 0 Å². The van der Waals surface area contributed by atoms with Crippen LogP contribution in [0.25, 0.3) is 0 Å². The third-order valence-corrected chi connectivity index (χ3v) is 4.46. The Morgan fingerprint density at radius 2 is 2.05 bits per heavy atom. The van der Waals surface area contributed by atoms with Gasteiger partial charge in [0.25, 0.3) is 0 Å². The van der Waals surface area contributed by atoms with Gasteiger partial charge in [0, 0.05) is 6.54 Å². The Morgan fingerprint density at radius 1 is 1.33 bits per heavy atom. The Balaban J connectivity index is 2.14. The molecule has 1 heterocycles. The third-order valence-electron chi connectivity index (χ3n) is 3.76. The highest BCUT2D eigenvalue weighted by Gasteiger charge is 2.38. The zero-order valence-corrected chi connectivity index (χ0v) is 13.5. The van der Waals surface area contributed by atoms with Crippen LogP contribution in [0, 0.1) is 5.82 Å². The van der Waals surface area contributed by atoms with E-state index in [4.69, 9.17) is 0 Å². The van der Waals surface area contributed by atoms with Crippen molar-refractivity contribution >= 4 is 17.7 Å². The van der Waals surface area contributed by atoms with Crippen LogP contribution in [-0.2, 0) is 4.79 Å². The highest BCUT2D eigenvalue weighted by atomic mass is 32.2. The number of hydrogen-bond donors (Lipinski definition) is 1. The molecule has 2 rings (SSSR count). The molecule has 1 amide bonds. The van der Waals surface area contributed by atoms with E-state index < -0.39 is 0 Å². The number of amides is 1. The second-order valence-electron chi connectivity index (χ2n) is 5.34. The highest BCUT2D eigenvalue weighted by Crippen LogP contribution is 2.27. The van der Waals surface area contributed by atoms with E-state index in [0.29, 0.717) is 0 Å². The molecule has 1 fully saturated rings. The molecule has 0 bridgehead atoms. The van der Waals surface area contributed by atoms with Gasteiger partial charge in [0.15, 0.2) is 0 Å². The number of nitrogens with one attached hydrogen (secondary N) is 1. The summed E-state index contributed by atoms with van der Waals surface area (Å²) in [6.45, 7) is 2.83. The summed E-state index contributed by atoms with van der Waals surface area (Å²) in [6, 6.07) is 6.31. The lowest BCUT2D eigenvalue weighted by Crippen LogP contribution is -2.32. The topological polar surface area (TPSA) is 32.3 Å². The van der Waals surface area contributed by atoms with E-state index in [1.54, 1.807) is 23.9 Å². The molecule has 116 valence electrons. The van der Waals surface area contributed by atoms with Crippen molar-refractivity contribution in [2.24, 2.45) is 0 Å². The molecule has 5 heteroatoms. The first-order chi connectivity index (χ1) is 10.2. The molecule has 2 unspecified atom stereocenters.